The highest BCUT2D eigenvalue weighted by Gasteiger charge is 2.34. The average molecular weight is 323 g/mol. The number of carbonyl (C=O) groups excluding carboxylic acids is 2. The van der Waals surface area contributed by atoms with E-state index >= 15 is 0 Å². The van der Waals surface area contributed by atoms with Gasteiger partial charge in [0.1, 0.15) is 12.4 Å². The highest BCUT2D eigenvalue weighted by molar-refractivity contribution is 6.30. The molecule has 1 aromatic rings. The van der Waals surface area contributed by atoms with Crippen molar-refractivity contribution in [2.45, 2.75) is 18.9 Å². The summed E-state index contributed by atoms with van der Waals surface area (Å²) < 4.78 is 14.0. The molecule has 1 unspecified atom stereocenters. The van der Waals surface area contributed by atoms with Crippen molar-refractivity contribution in [3.63, 3.8) is 0 Å². The second-order valence-corrected chi connectivity index (χ2v) is 5.58. The second-order valence-electron chi connectivity index (χ2n) is 5.14. The molecule has 0 aromatic heterocycles. The molecule has 1 aromatic carbocycles. The molecule has 2 N–H and O–H groups in total. The summed E-state index contributed by atoms with van der Waals surface area (Å²) in [5, 5.41) is 0.247. The Hall–Kier alpha value is -2.14. The van der Waals surface area contributed by atoms with Crippen LogP contribution in [0.3, 0.4) is 0 Å². The summed E-state index contributed by atoms with van der Waals surface area (Å²) in [5.74, 6) is -1.51. The van der Waals surface area contributed by atoms with Gasteiger partial charge in [-0.05, 0) is 36.1 Å². The first-order valence-electron chi connectivity index (χ1n) is 6.73. The lowest BCUT2D eigenvalue weighted by molar-refractivity contribution is -0.134. The zero-order valence-corrected chi connectivity index (χ0v) is 12.7. The lowest BCUT2D eigenvalue weighted by Crippen LogP contribution is -2.40. The number of carbonyl (C=O) groups is 2. The molecule has 6 heteroatoms. The zero-order valence-electron chi connectivity index (χ0n) is 11.9. The third kappa shape index (κ3) is 3.04. The third-order valence-electron chi connectivity index (χ3n) is 3.71. The van der Waals surface area contributed by atoms with Gasteiger partial charge >= 0.3 is 0 Å². The second kappa shape index (κ2) is 6.32. The average Bonchev–Trinajstić information content (AvgIpc) is 2.86. The number of amides is 2. The first-order valence-corrected chi connectivity index (χ1v) is 7.11. The van der Waals surface area contributed by atoms with Crippen LogP contribution in [-0.4, -0.2) is 23.3 Å². The molecular weight excluding hydrogens is 307 g/mol. The molecule has 0 saturated carbocycles. The molecule has 1 aliphatic rings. The Morgan fingerprint density at radius 1 is 1.50 bits per heavy atom. The molecule has 0 radical (unpaired) electrons. The monoisotopic (exact) mass is 322 g/mol. The summed E-state index contributed by atoms with van der Waals surface area (Å²) in [6.45, 7) is 6.83. The molecule has 2 amide bonds. The van der Waals surface area contributed by atoms with E-state index in [2.05, 4.69) is 13.2 Å². The Balaban J connectivity index is 2.43. The maximum absolute atomic E-state index is 14.0. The third-order valence-corrected chi connectivity index (χ3v) is 3.92. The molecule has 0 saturated heterocycles. The van der Waals surface area contributed by atoms with Gasteiger partial charge < -0.3 is 10.6 Å². The van der Waals surface area contributed by atoms with E-state index in [1.807, 2.05) is 0 Å². The van der Waals surface area contributed by atoms with Gasteiger partial charge in [-0.2, -0.15) is 0 Å². The van der Waals surface area contributed by atoms with Crippen LogP contribution in [0.15, 0.2) is 36.9 Å². The van der Waals surface area contributed by atoms with Gasteiger partial charge in [0.15, 0.2) is 0 Å². The molecule has 1 aliphatic carbocycles. The summed E-state index contributed by atoms with van der Waals surface area (Å²) >= 11 is 5.90. The predicted octanol–water partition coefficient (Wildman–Crippen LogP) is 2.52. The van der Waals surface area contributed by atoms with Crippen molar-refractivity contribution in [3.05, 3.63) is 58.9 Å². The summed E-state index contributed by atoms with van der Waals surface area (Å²) in [7, 11) is 0. The van der Waals surface area contributed by atoms with Crippen LogP contribution in [0.5, 0.6) is 0 Å². The molecule has 0 fully saturated rings. The Bertz CT molecular complexity index is 672. The van der Waals surface area contributed by atoms with Gasteiger partial charge in [-0.1, -0.05) is 30.8 Å². The van der Waals surface area contributed by atoms with Crippen molar-refractivity contribution in [1.29, 1.82) is 0 Å². The Morgan fingerprint density at radius 2 is 2.18 bits per heavy atom. The van der Waals surface area contributed by atoms with Crippen molar-refractivity contribution >= 4 is 23.4 Å². The van der Waals surface area contributed by atoms with Gasteiger partial charge in [0.25, 0.3) is 5.91 Å². The van der Waals surface area contributed by atoms with Crippen LogP contribution < -0.4 is 5.73 Å². The highest BCUT2D eigenvalue weighted by Crippen LogP contribution is 2.39. The van der Waals surface area contributed by atoms with Gasteiger partial charge in [0, 0.05) is 10.6 Å². The van der Waals surface area contributed by atoms with Crippen molar-refractivity contribution in [2.24, 2.45) is 5.73 Å². The van der Waals surface area contributed by atoms with E-state index in [-0.39, 0.29) is 17.1 Å². The fourth-order valence-corrected chi connectivity index (χ4v) is 2.92. The number of fused-ring (bicyclic) bond motifs is 1. The van der Waals surface area contributed by atoms with Gasteiger partial charge in [0.2, 0.25) is 5.91 Å². The highest BCUT2D eigenvalue weighted by atomic mass is 35.5. The van der Waals surface area contributed by atoms with Crippen LogP contribution in [0, 0.1) is 5.82 Å². The quantitative estimate of drug-likeness (QED) is 0.669. The van der Waals surface area contributed by atoms with Gasteiger partial charge in [-0.15, -0.1) is 0 Å². The largest absolute Gasteiger partial charge is 0.368 e. The maximum atomic E-state index is 14.0. The minimum atomic E-state index is -0.652. The number of hydrogen-bond acceptors (Lipinski definition) is 2. The van der Waals surface area contributed by atoms with Gasteiger partial charge in [0.05, 0.1) is 6.04 Å². The molecule has 4 nitrogen and oxygen atoms in total. The van der Waals surface area contributed by atoms with Crippen LogP contribution in [-0.2, 0) is 16.0 Å². The van der Waals surface area contributed by atoms with Crippen LogP contribution >= 0.6 is 11.6 Å². The Morgan fingerprint density at radius 3 is 2.77 bits per heavy atom. The number of nitrogens with zero attached hydrogens (tertiary/aromatic N) is 1. The number of hydrogen-bond donors (Lipinski definition) is 1. The van der Waals surface area contributed by atoms with E-state index in [0.717, 1.165) is 0 Å². The molecule has 1 atom stereocenters. The van der Waals surface area contributed by atoms with Crippen molar-refractivity contribution in [2.75, 3.05) is 6.54 Å². The van der Waals surface area contributed by atoms with Crippen molar-refractivity contribution < 1.29 is 14.0 Å². The minimum absolute atomic E-state index is 0.150. The van der Waals surface area contributed by atoms with E-state index in [1.165, 1.54) is 17.0 Å². The predicted molar refractivity (Wildman–Crippen MR) is 82.7 cm³/mol. The van der Waals surface area contributed by atoms with Crippen molar-refractivity contribution in [3.8, 4) is 0 Å². The normalized spacial score (nSPS) is 16.0. The molecule has 2 rings (SSSR count). The maximum Gasteiger partial charge on any atom is 0.254 e. The number of rotatable bonds is 5. The van der Waals surface area contributed by atoms with Crippen molar-refractivity contribution in [1.82, 2.24) is 4.90 Å². The van der Waals surface area contributed by atoms with E-state index in [4.69, 9.17) is 17.3 Å². The lowest BCUT2D eigenvalue weighted by Gasteiger charge is -2.29. The number of nitrogens with two attached hydrogens (primary N) is 1. The number of benzene rings is 1. The number of primary amides is 1. The number of halogens is 2. The van der Waals surface area contributed by atoms with E-state index in [1.54, 1.807) is 6.07 Å². The summed E-state index contributed by atoms with van der Waals surface area (Å²) in [6, 6.07) is 2.40. The molecule has 0 bridgehead atoms. The first-order chi connectivity index (χ1) is 10.3. The van der Waals surface area contributed by atoms with E-state index < -0.39 is 23.7 Å². The standard InChI is InChI=1S/C16H16ClFN2O2/c1-3-9(2)16(22)20(8-15(19)21)14-5-4-11-12(14)6-10(17)7-13(11)18/h3,6-7,14H,1-2,4-5,8H2,(H2,19,21). The molecular formula is C16H16ClFN2O2. The SMILES string of the molecule is C=CC(=C)C(=O)N(CC(N)=O)C1CCc2c(F)cc(Cl)cc21. The molecule has 116 valence electrons. The fourth-order valence-electron chi connectivity index (χ4n) is 2.71. The Kier molecular flexibility index (Phi) is 4.66. The summed E-state index contributed by atoms with van der Waals surface area (Å²) in [5.41, 5.74) is 6.50. The van der Waals surface area contributed by atoms with E-state index in [0.29, 0.717) is 24.0 Å². The Labute approximate surface area is 133 Å². The van der Waals surface area contributed by atoms with Crippen LogP contribution in [0.25, 0.3) is 0 Å². The van der Waals surface area contributed by atoms with Gasteiger partial charge in [-0.3, -0.25) is 9.59 Å². The van der Waals surface area contributed by atoms with E-state index in [9.17, 15) is 14.0 Å². The van der Waals surface area contributed by atoms with Crippen LogP contribution in [0.2, 0.25) is 5.02 Å². The summed E-state index contributed by atoms with van der Waals surface area (Å²) in [4.78, 5) is 25.0. The first kappa shape index (κ1) is 16.2. The summed E-state index contributed by atoms with van der Waals surface area (Å²) in [6.07, 6.45) is 2.27. The molecule has 22 heavy (non-hydrogen) atoms. The zero-order chi connectivity index (χ0) is 16.4. The molecule has 0 aliphatic heterocycles. The molecule has 0 spiro atoms. The van der Waals surface area contributed by atoms with Gasteiger partial charge in [-0.25, -0.2) is 4.39 Å². The minimum Gasteiger partial charge on any atom is -0.368 e. The lowest BCUT2D eigenvalue weighted by atomic mass is 10.1. The van der Waals surface area contributed by atoms with Crippen LogP contribution in [0.1, 0.15) is 23.6 Å². The smallest absolute Gasteiger partial charge is 0.254 e. The van der Waals surface area contributed by atoms with Crippen LogP contribution in [0.4, 0.5) is 4.39 Å². The molecule has 0 heterocycles. The fraction of sp³-hybridized carbons (Fsp3) is 0.250. The topological polar surface area (TPSA) is 63.4 Å².